The van der Waals surface area contributed by atoms with Crippen molar-refractivity contribution < 1.29 is 9.47 Å². The Hall–Kier alpha value is -1.16. The molecule has 24 heavy (non-hydrogen) atoms. The summed E-state index contributed by atoms with van der Waals surface area (Å²) in [4.78, 5) is 2.99. The van der Waals surface area contributed by atoms with Gasteiger partial charge in [0, 0.05) is 21.6 Å². The summed E-state index contributed by atoms with van der Waals surface area (Å²) in [7, 11) is 0. The lowest BCUT2D eigenvalue weighted by Gasteiger charge is -2.38. The third-order valence-electron chi connectivity index (χ3n) is 6.35. The molecule has 2 heterocycles. The highest BCUT2D eigenvalue weighted by Crippen LogP contribution is 2.49. The second-order valence-electron chi connectivity index (χ2n) is 7.57. The number of fused-ring (bicyclic) bond motifs is 2. The van der Waals surface area contributed by atoms with Gasteiger partial charge in [0.15, 0.2) is 5.79 Å². The molecule has 1 aromatic heterocycles. The van der Waals surface area contributed by atoms with Crippen LogP contribution >= 0.6 is 11.3 Å². The van der Waals surface area contributed by atoms with E-state index in [2.05, 4.69) is 38.1 Å². The summed E-state index contributed by atoms with van der Waals surface area (Å²) in [5.41, 5.74) is 6.17. The number of benzene rings is 1. The van der Waals surface area contributed by atoms with Gasteiger partial charge in [0.05, 0.1) is 13.2 Å². The van der Waals surface area contributed by atoms with Crippen LogP contribution in [-0.2, 0) is 35.2 Å². The number of rotatable bonds is 0. The average Bonchev–Trinajstić information content (AvgIpc) is 3.09. The maximum atomic E-state index is 6.40. The third kappa shape index (κ3) is 2.08. The lowest BCUT2D eigenvalue weighted by Crippen LogP contribution is -2.47. The van der Waals surface area contributed by atoms with Crippen molar-refractivity contribution >= 4 is 11.3 Å². The van der Waals surface area contributed by atoms with E-state index in [1.54, 1.807) is 11.1 Å². The minimum Gasteiger partial charge on any atom is -0.347 e. The Labute approximate surface area is 147 Å². The molecular weight excluding hydrogens is 316 g/mol. The average molecular weight is 340 g/mol. The Bertz CT molecular complexity index is 728. The topological polar surface area (TPSA) is 18.5 Å². The molecule has 0 saturated carbocycles. The Balaban J connectivity index is 1.68. The van der Waals surface area contributed by atoms with E-state index in [-0.39, 0.29) is 5.79 Å². The van der Waals surface area contributed by atoms with E-state index in [9.17, 15) is 0 Å². The van der Waals surface area contributed by atoms with Crippen LogP contribution in [0, 0.1) is 25.7 Å². The van der Waals surface area contributed by atoms with E-state index in [1.165, 1.54) is 20.9 Å². The second-order valence-corrected chi connectivity index (χ2v) is 9.00. The van der Waals surface area contributed by atoms with Gasteiger partial charge in [0.25, 0.3) is 0 Å². The number of hydrogen-bond acceptors (Lipinski definition) is 3. The first-order valence-corrected chi connectivity index (χ1v) is 9.91. The Kier molecular flexibility index (Phi) is 3.41. The molecule has 2 aliphatic carbocycles. The van der Waals surface area contributed by atoms with Crippen LogP contribution in [0.5, 0.6) is 0 Å². The molecule has 2 unspecified atom stereocenters. The van der Waals surface area contributed by atoms with Gasteiger partial charge < -0.3 is 9.47 Å². The fourth-order valence-electron chi connectivity index (χ4n) is 5.25. The standard InChI is InChI=1S/C21H24O2S/c1-13-19-11-17-9-15-5-3-4-6-16(15)10-18(12-20(19)14(2)24-13)21(17)22-7-8-23-21/h3-6,17-18H,7-12H2,1-2H3. The molecule has 2 nitrogen and oxygen atoms in total. The predicted octanol–water partition coefficient (Wildman–Crippen LogP) is 4.24. The van der Waals surface area contributed by atoms with Gasteiger partial charge in [-0.3, -0.25) is 0 Å². The molecule has 0 amide bonds. The first-order chi connectivity index (χ1) is 11.7. The Morgan fingerprint density at radius 1 is 0.833 bits per heavy atom. The minimum atomic E-state index is -0.380. The molecule has 1 aliphatic heterocycles. The summed E-state index contributed by atoms with van der Waals surface area (Å²) in [6, 6.07) is 8.97. The zero-order valence-corrected chi connectivity index (χ0v) is 15.2. The molecule has 1 aromatic carbocycles. The summed E-state index contributed by atoms with van der Waals surface area (Å²) in [6.45, 7) is 6.07. The van der Waals surface area contributed by atoms with Crippen molar-refractivity contribution in [2.45, 2.75) is 45.3 Å². The fraction of sp³-hybridized carbons (Fsp3) is 0.524. The van der Waals surface area contributed by atoms with Gasteiger partial charge >= 0.3 is 0 Å². The lowest BCUT2D eigenvalue weighted by atomic mass is 9.82. The molecule has 1 fully saturated rings. The van der Waals surface area contributed by atoms with Gasteiger partial charge in [-0.1, -0.05) is 24.3 Å². The number of hydrogen-bond donors (Lipinski definition) is 0. The summed E-state index contributed by atoms with van der Waals surface area (Å²) in [6.07, 6.45) is 4.33. The normalized spacial score (nSPS) is 27.4. The van der Waals surface area contributed by atoms with Crippen LogP contribution in [0.2, 0.25) is 0 Å². The third-order valence-corrected chi connectivity index (χ3v) is 7.45. The van der Waals surface area contributed by atoms with Gasteiger partial charge in [0.2, 0.25) is 0 Å². The molecule has 2 atom stereocenters. The molecule has 0 radical (unpaired) electrons. The van der Waals surface area contributed by atoms with Crippen molar-refractivity contribution in [1.82, 2.24) is 0 Å². The molecular formula is C21H24O2S. The zero-order valence-electron chi connectivity index (χ0n) is 14.4. The van der Waals surface area contributed by atoms with Gasteiger partial charge in [-0.25, -0.2) is 0 Å². The molecule has 2 bridgehead atoms. The first-order valence-electron chi connectivity index (χ1n) is 9.10. The van der Waals surface area contributed by atoms with Crippen molar-refractivity contribution in [3.8, 4) is 0 Å². The summed E-state index contributed by atoms with van der Waals surface area (Å²) in [5.74, 6) is 0.458. The van der Waals surface area contributed by atoms with Crippen molar-refractivity contribution in [2.75, 3.05) is 13.2 Å². The van der Waals surface area contributed by atoms with E-state index in [1.807, 2.05) is 11.3 Å². The van der Waals surface area contributed by atoms with Crippen LogP contribution in [0.1, 0.15) is 32.0 Å². The van der Waals surface area contributed by atoms with E-state index in [0.717, 1.165) is 38.9 Å². The highest BCUT2D eigenvalue weighted by Gasteiger charge is 2.53. The zero-order chi connectivity index (χ0) is 16.3. The van der Waals surface area contributed by atoms with Crippen molar-refractivity contribution in [2.24, 2.45) is 11.8 Å². The van der Waals surface area contributed by atoms with Crippen LogP contribution in [0.4, 0.5) is 0 Å². The number of thiophene rings is 1. The smallest absolute Gasteiger partial charge is 0.175 e. The van der Waals surface area contributed by atoms with Gasteiger partial charge in [-0.05, 0) is 61.8 Å². The minimum absolute atomic E-state index is 0.380. The van der Waals surface area contributed by atoms with Gasteiger partial charge in [-0.15, -0.1) is 11.3 Å². The van der Waals surface area contributed by atoms with Crippen molar-refractivity contribution in [1.29, 1.82) is 0 Å². The van der Waals surface area contributed by atoms with Gasteiger partial charge in [0.1, 0.15) is 0 Å². The maximum absolute atomic E-state index is 6.40. The van der Waals surface area contributed by atoms with Crippen LogP contribution in [0.3, 0.4) is 0 Å². The van der Waals surface area contributed by atoms with Crippen LogP contribution in [-0.4, -0.2) is 19.0 Å². The number of aryl methyl sites for hydroxylation is 2. The van der Waals surface area contributed by atoms with Crippen LogP contribution in [0.25, 0.3) is 0 Å². The quantitative estimate of drug-likeness (QED) is 0.714. The highest BCUT2D eigenvalue weighted by atomic mass is 32.1. The Morgan fingerprint density at radius 3 is 1.83 bits per heavy atom. The van der Waals surface area contributed by atoms with Crippen molar-refractivity contribution in [3.63, 3.8) is 0 Å². The largest absolute Gasteiger partial charge is 0.347 e. The fourth-order valence-corrected chi connectivity index (χ4v) is 6.37. The molecule has 3 aliphatic rings. The molecule has 5 rings (SSSR count). The molecule has 1 saturated heterocycles. The van der Waals surface area contributed by atoms with E-state index < -0.39 is 0 Å². The monoisotopic (exact) mass is 340 g/mol. The van der Waals surface area contributed by atoms with E-state index >= 15 is 0 Å². The second kappa shape index (κ2) is 5.42. The van der Waals surface area contributed by atoms with Crippen LogP contribution in [0.15, 0.2) is 24.3 Å². The summed E-state index contributed by atoms with van der Waals surface area (Å²) in [5, 5.41) is 0. The molecule has 0 N–H and O–H groups in total. The summed E-state index contributed by atoms with van der Waals surface area (Å²) < 4.78 is 12.8. The predicted molar refractivity (Wildman–Crippen MR) is 96.7 cm³/mol. The molecule has 2 aromatic rings. The van der Waals surface area contributed by atoms with E-state index in [0.29, 0.717) is 11.8 Å². The lowest BCUT2D eigenvalue weighted by molar-refractivity contribution is -0.227. The highest BCUT2D eigenvalue weighted by molar-refractivity contribution is 7.12. The molecule has 126 valence electrons. The van der Waals surface area contributed by atoms with Crippen molar-refractivity contribution in [3.05, 3.63) is 56.3 Å². The number of ether oxygens (including phenoxy) is 2. The van der Waals surface area contributed by atoms with Crippen LogP contribution < -0.4 is 0 Å². The van der Waals surface area contributed by atoms with E-state index in [4.69, 9.17) is 9.47 Å². The molecule has 1 spiro atoms. The van der Waals surface area contributed by atoms with Gasteiger partial charge in [-0.2, -0.15) is 0 Å². The molecule has 3 heteroatoms. The first kappa shape index (κ1) is 15.1. The Morgan fingerprint density at radius 2 is 1.33 bits per heavy atom. The summed E-state index contributed by atoms with van der Waals surface area (Å²) >= 11 is 1.97. The maximum Gasteiger partial charge on any atom is 0.175 e. The SMILES string of the molecule is Cc1sc(C)c2c1CC1Cc3ccccc3CC(C2)C12OCCO2.